The fourth-order valence-electron chi connectivity index (χ4n) is 2.56. The standard InChI is InChI=1S/C23H17BrIN3O4/c24-17-10-11-20(32-23(31)15-6-2-1-3-7-15)16(12-17)13-27-28-21(29)14-26-22(30)18-8-4-5-9-19(18)25/h1-13H,14H2,(H,26,30)(H,28,29). The lowest BCUT2D eigenvalue weighted by Crippen LogP contribution is -2.35. The molecule has 0 radical (unpaired) electrons. The predicted molar refractivity (Wildman–Crippen MR) is 133 cm³/mol. The Bertz CT molecular complexity index is 1170. The second kappa shape index (κ2) is 11.5. The first-order valence-electron chi connectivity index (χ1n) is 9.35. The molecular weight excluding hydrogens is 589 g/mol. The minimum Gasteiger partial charge on any atom is -0.422 e. The highest BCUT2D eigenvalue weighted by Crippen LogP contribution is 2.23. The third kappa shape index (κ3) is 6.72. The molecule has 0 spiro atoms. The second-order valence-corrected chi connectivity index (χ2v) is 8.47. The summed E-state index contributed by atoms with van der Waals surface area (Å²) in [4.78, 5) is 36.5. The van der Waals surface area contributed by atoms with Gasteiger partial charge < -0.3 is 10.1 Å². The normalized spacial score (nSPS) is 10.6. The Kier molecular flexibility index (Phi) is 8.51. The number of hydrogen-bond acceptors (Lipinski definition) is 5. The number of carbonyl (C=O) groups excluding carboxylic acids is 3. The molecule has 3 aromatic rings. The van der Waals surface area contributed by atoms with Crippen LogP contribution >= 0.6 is 38.5 Å². The van der Waals surface area contributed by atoms with Gasteiger partial charge in [0, 0.05) is 13.6 Å². The highest BCUT2D eigenvalue weighted by molar-refractivity contribution is 14.1. The molecular formula is C23H17BrIN3O4. The summed E-state index contributed by atoms with van der Waals surface area (Å²) >= 11 is 5.41. The minimum absolute atomic E-state index is 0.241. The van der Waals surface area contributed by atoms with Gasteiger partial charge in [-0.15, -0.1) is 0 Å². The van der Waals surface area contributed by atoms with Crippen LogP contribution in [0.1, 0.15) is 26.3 Å². The van der Waals surface area contributed by atoms with Crippen LogP contribution in [0.15, 0.2) is 82.4 Å². The average Bonchev–Trinajstić information content (AvgIpc) is 2.80. The maximum Gasteiger partial charge on any atom is 0.343 e. The summed E-state index contributed by atoms with van der Waals surface area (Å²) in [5, 5.41) is 6.45. The van der Waals surface area contributed by atoms with Crippen LogP contribution in [-0.4, -0.2) is 30.5 Å². The molecule has 0 saturated carbocycles. The van der Waals surface area contributed by atoms with E-state index in [1.807, 2.05) is 6.07 Å². The van der Waals surface area contributed by atoms with Crippen molar-refractivity contribution in [3.8, 4) is 5.75 Å². The fourth-order valence-corrected chi connectivity index (χ4v) is 3.57. The van der Waals surface area contributed by atoms with Gasteiger partial charge in [0.25, 0.3) is 11.8 Å². The maximum absolute atomic E-state index is 12.3. The largest absolute Gasteiger partial charge is 0.422 e. The van der Waals surface area contributed by atoms with Gasteiger partial charge in [-0.2, -0.15) is 5.10 Å². The zero-order valence-corrected chi connectivity index (χ0v) is 20.3. The number of nitrogens with zero attached hydrogens (tertiary/aromatic N) is 1. The number of hydrogen-bond donors (Lipinski definition) is 2. The second-order valence-electron chi connectivity index (χ2n) is 6.39. The number of benzene rings is 3. The third-order valence-electron chi connectivity index (χ3n) is 4.10. The minimum atomic E-state index is -0.509. The molecule has 0 fully saturated rings. The monoisotopic (exact) mass is 605 g/mol. The number of esters is 1. The van der Waals surface area contributed by atoms with E-state index in [9.17, 15) is 14.4 Å². The molecule has 0 saturated heterocycles. The smallest absolute Gasteiger partial charge is 0.343 e. The first-order chi connectivity index (χ1) is 15.4. The van der Waals surface area contributed by atoms with Crippen LogP contribution < -0.4 is 15.5 Å². The Labute approximate surface area is 206 Å². The third-order valence-corrected chi connectivity index (χ3v) is 5.54. The van der Waals surface area contributed by atoms with E-state index in [2.05, 4.69) is 54.4 Å². The summed E-state index contributed by atoms with van der Waals surface area (Å²) in [6, 6.07) is 20.7. The SMILES string of the molecule is O=C(CNC(=O)c1ccccc1I)NN=Cc1cc(Br)ccc1OC(=O)c1ccccc1. The van der Waals surface area contributed by atoms with Crippen LogP contribution in [0, 0.1) is 3.57 Å². The van der Waals surface area contributed by atoms with E-state index in [0.29, 0.717) is 16.7 Å². The summed E-state index contributed by atoms with van der Waals surface area (Å²) < 4.78 is 6.99. The number of ether oxygens (including phenoxy) is 1. The van der Waals surface area contributed by atoms with Crippen LogP contribution in [0.4, 0.5) is 0 Å². The van der Waals surface area contributed by atoms with Crippen molar-refractivity contribution in [3.63, 3.8) is 0 Å². The van der Waals surface area contributed by atoms with Crippen molar-refractivity contribution in [1.82, 2.24) is 10.7 Å². The van der Waals surface area contributed by atoms with E-state index in [0.717, 1.165) is 8.04 Å². The molecule has 3 aromatic carbocycles. The van der Waals surface area contributed by atoms with Gasteiger partial charge in [0.2, 0.25) is 0 Å². The number of rotatable bonds is 7. The summed E-state index contributed by atoms with van der Waals surface area (Å²) in [7, 11) is 0. The van der Waals surface area contributed by atoms with E-state index >= 15 is 0 Å². The number of carbonyl (C=O) groups is 3. The highest BCUT2D eigenvalue weighted by Gasteiger charge is 2.12. The topological polar surface area (TPSA) is 96.9 Å². The van der Waals surface area contributed by atoms with Gasteiger partial charge in [-0.05, 0) is 65.1 Å². The molecule has 7 nitrogen and oxygen atoms in total. The van der Waals surface area contributed by atoms with E-state index in [-0.39, 0.29) is 18.2 Å². The summed E-state index contributed by atoms with van der Waals surface area (Å²) in [6.45, 7) is -0.241. The van der Waals surface area contributed by atoms with E-state index in [1.54, 1.807) is 66.7 Å². The first kappa shape index (κ1) is 23.6. The van der Waals surface area contributed by atoms with Crippen molar-refractivity contribution in [2.45, 2.75) is 0 Å². The first-order valence-corrected chi connectivity index (χ1v) is 11.2. The van der Waals surface area contributed by atoms with Crippen molar-refractivity contribution >= 4 is 62.5 Å². The number of nitrogens with one attached hydrogen (secondary N) is 2. The zero-order chi connectivity index (χ0) is 22.9. The molecule has 0 bridgehead atoms. The van der Waals surface area contributed by atoms with Gasteiger partial charge in [-0.3, -0.25) is 9.59 Å². The predicted octanol–water partition coefficient (Wildman–Crippen LogP) is 4.15. The fraction of sp³-hybridized carbons (Fsp3) is 0.0435. The van der Waals surface area contributed by atoms with Gasteiger partial charge in [-0.1, -0.05) is 46.3 Å². The van der Waals surface area contributed by atoms with E-state index < -0.39 is 11.9 Å². The van der Waals surface area contributed by atoms with E-state index in [1.165, 1.54) is 6.21 Å². The van der Waals surface area contributed by atoms with Crippen molar-refractivity contribution in [3.05, 3.63) is 97.5 Å². The van der Waals surface area contributed by atoms with Crippen LogP contribution in [-0.2, 0) is 4.79 Å². The van der Waals surface area contributed by atoms with Crippen LogP contribution in [0.3, 0.4) is 0 Å². The van der Waals surface area contributed by atoms with Crippen molar-refractivity contribution < 1.29 is 19.1 Å². The molecule has 162 valence electrons. The summed E-state index contributed by atoms with van der Waals surface area (Å²) in [5.41, 5.74) is 3.72. The Morgan fingerprint density at radius 3 is 2.47 bits per heavy atom. The van der Waals surface area contributed by atoms with Crippen molar-refractivity contribution in [2.75, 3.05) is 6.54 Å². The zero-order valence-electron chi connectivity index (χ0n) is 16.5. The Morgan fingerprint density at radius 2 is 1.72 bits per heavy atom. The molecule has 0 aliphatic rings. The Balaban J connectivity index is 1.59. The molecule has 0 unspecified atom stereocenters. The van der Waals surface area contributed by atoms with Crippen LogP contribution in [0.5, 0.6) is 5.75 Å². The van der Waals surface area contributed by atoms with Gasteiger partial charge in [-0.25, -0.2) is 10.2 Å². The lowest BCUT2D eigenvalue weighted by atomic mass is 10.2. The highest BCUT2D eigenvalue weighted by atomic mass is 127. The molecule has 2 N–H and O–H groups in total. The molecule has 0 heterocycles. The molecule has 3 rings (SSSR count). The van der Waals surface area contributed by atoms with Crippen LogP contribution in [0.25, 0.3) is 0 Å². The molecule has 32 heavy (non-hydrogen) atoms. The van der Waals surface area contributed by atoms with Crippen molar-refractivity contribution in [2.24, 2.45) is 5.10 Å². The van der Waals surface area contributed by atoms with Gasteiger partial charge >= 0.3 is 5.97 Å². The number of hydrazone groups is 1. The maximum atomic E-state index is 12.3. The number of halogens is 2. The van der Waals surface area contributed by atoms with Gasteiger partial charge in [0.05, 0.1) is 23.9 Å². The average molecular weight is 606 g/mol. The van der Waals surface area contributed by atoms with Crippen molar-refractivity contribution in [1.29, 1.82) is 0 Å². The Hall–Kier alpha value is -3.05. The molecule has 0 atom stereocenters. The van der Waals surface area contributed by atoms with Gasteiger partial charge in [0.15, 0.2) is 0 Å². The van der Waals surface area contributed by atoms with E-state index in [4.69, 9.17) is 4.74 Å². The molecule has 0 aromatic heterocycles. The van der Waals surface area contributed by atoms with Crippen LogP contribution in [0.2, 0.25) is 0 Å². The lowest BCUT2D eigenvalue weighted by Gasteiger charge is -2.08. The molecule has 2 amide bonds. The molecule has 0 aliphatic heterocycles. The molecule has 0 aliphatic carbocycles. The number of amides is 2. The van der Waals surface area contributed by atoms with Gasteiger partial charge in [0.1, 0.15) is 5.75 Å². The molecule has 9 heteroatoms. The lowest BCUT2D eigenvalue weighted by molar-refractivity contribution is -0.120. The Morgan fingerprint density at radius 1 is 1.00 bits per heavy atom. The quantitative estimate of drug-likeness (QED) is 0.139. The summed E-state index contributed by atoms with van der Waals surface area (Å²) in [5.74, 6) is -1.08. The summed E-state index contributed by atoms with van der Waals surface area (Å²) in [6.07, 6.45) is 1.36.